The van der Waals surface area contributed by atoms with E-state index in [-0.39, 0.29) is 18.1 Å². The minimum absolute atomic E-state index is 0.0790. The summed E-state index contributed by atoms with van der Waals surface area (Å²) in [6, 6.07) is 13.8. The lowest BCUT2D eigenvalue weighted by Gasteiger charge is -2.13. The monoisotopic (exact) mass is 287 g/mol. The van der Waals surface area contributed by atoms with Crippen LogP contribution in [0.4, 0.5) is 21.5 Å². The number of nitrogens with one attached hydrogen (secondary N) is 2. The van der Waals surface area contributed by atoms with E-state index < -0.39 is 5.82 Å². The van der Waals surface area contributed by atoms with Gasteiger partial charge in [0.05, 0.1) is 12.2 Å². The van der Waals surface area contributed by atoms with Gasteiger partial charge in [0.15, 0.2) is 0 Å². The van der Waals surface area contributed by atoms with Crippen molar-refractivity contribution in [2.75, 3.05) is 36.2 Å². The van der Waals surface area contributed by atoms with Gasteiger partial charge in [0, 0.05) is 25.5 Å². The standard InChI is InChI=1S/C16H18FN3O/c1-20(2)13-9-7-12(8-10-13)18-11-16(21)19-15-6-4-3-5-14(15)17/h3-10,18H,11H2,1-2H3,(H,19,21). The van der Waals surface area contributed by atoms with Gasteiger partial charge in [-0.1, -0.05) is 12.1 Å². The van der Waals surface area contributed by atoms with Crippen molar-refractivity contribution in [3.8, 4) is 0 Å². The smallest absolute Gasteiger partial charge is 0.243 e. The lowest BCUT2D eigenvalue weighted by Crippen LogP contribution is -2.22. The van der Waals surface area contributed by atoms with Crippen LogP contribution in [0, 0.1) is 5.82 Å². The highest BCUT2D eigenvalue weighted by Crippen LogP contribution is 2.16. The number of rotatable bonds is 5. The minimum atomic E-state index is -0.443. The summed E-state index contributed by atoms with van der Waals surface area (Å²) in [5, 5.41) is 5.52. The van der Waals surface area contributed by atoms with Gasteiger partial charge in [-0.25, -0.2) is 4.39 Å². The summed E-state index contributed by atoms with van der Waals surface area (Å²) in [6.45, 7) is 0.0790. The molecule has 1 amide bonds. The third kappa shape index (κ3) is 4.21. The molecule has 0 heterocycles. The molecule has 0 saturated carbocycles. The van der Waals surface area contributed by atoms with E-state index in [9.17, 15) is 9.18 Å². The molecular formula is C16H18FN3O. The van der Waals surface area contributed by atoms with Crippen LogP contribution in [0.3, 0.4) is 0 Å². The summed E-state index contributed by atoms with van der Waals surface area (Å²) in [7, 11) is 3.93. The Morgan fingerprint density at radius 1 is 1.10 bits per heavy atom. The van der Waals surface area contributed by atoms with Crippen LogP contribution >= 0.6 is 0 Å². The molecule has 0 aliphatic rings. The first-order chi connectivity index (χ1) is 10.1. The first-order valence-electron chi connectivity index (χ1n) is 6.62. The fraction of sp³-hybridized carbons (Fsp3) is 0.188. The molecule has 0 saturated heterocycles. The van der Waals surface area contributed by atoms with Crippen molar-refractivity contribution in [2.24, 2.45) is 0 Å². The SMILES string of the molecule is CN(C)c1ccc(NCC(=O)Nc2ccccc2F)cc1. The quantitative estimate of drug-likeness (QED) is 0.888. The molecule has 2 rings (SSSR count). The molecule has 110 valence electrons. The number of halogens is 1. The van der Waals surface area contributed by atoms with E-state index in [1.54, 1.807) is 12.1 Å². The maximum Gasteiger partial charge on any atom is 0.243 e. The fourth-order valence-corrected chi connectivity index (χ4v) is 1.82. The van der Waals surface area contributed by atoms with Gasteiger partial charge < -0.3 is 15.5 Å². The van der Waals surface area contributed by atoms with Crippen molar-refractivity contribution in [1.82, 2.24) is 0 Å². The molecule has 0 fully saturated rings. The Kier molecular flexibility index (Phi) is 4.77. The van der Waals surface area contributed by atoms with Crippen molar-refractivity contribution in [2.45, 2.75) is 0 Å². The van der Waals surface area contributed by atoms with E-state index in [0.717, 1.165) is 11.4 Å². The van der Waals surface area contributed by atoms with Gasteiger partial charge in [-0.15, -0.1) is 0 Å². The van der Waals surface area contributed by atoms with Gasteiger partial charge in [0.25, 0.3) is 0 Å². The molecule has 2 aromatic carbocycles. The van der Waals surface area contributed by atoms with Gasteiger partial charge in [-0.3, -0.25) is 4.79 Å². The molecule has 0 aliphatic carbocycles. The van der Waals surface area contributed by atoms with Gasteiger partial charge in [-0.2, -0.15) is 0 Å². The first kappa shape index (κ1) is 14.8. The van der Waals surface area contributed by atoms with Crippen LogP contribution in [0.2, 0.25) is 0 Å². The predicted octanol–water partition coefficient (Wildman–Crippen LogP) is 2.94. The summed E-state index contributed by atoms with van der Waals surface area (Å²) in [4.78, 5) is 13.8. The zero-order valence-corrected chi connectivity index (χ0v) is 12.1. The summed E-state index contributed by atoms with van der Waals surface area (Å²) in [5.41, 5.74) is 2.10. The highest BCUT2D eigenvalue weighted by Gasteiger charge is 2.06. The van der Waals surface area contributed by atoms with Gasteiger partial charge in [0.1, 0.15) is 5.82 Å². The third-order valence-corrected chi connectivity index (χ3v) is 2.98. The van der Waals surface area contributed by atoms with Crippen LogP contribution in [0.15, 0.2) is 48.5 Å². The topological polar surface area (TPSA) is 44.4 Å². The Hall–Kier alpha value is -2.56. The van der Waals surface area contributed by atoms with Gasteiger partial charge in [0.2, 0.25) is 5.91 Å². The highest BCUT2D eigenvalue weighted by atomic mass is 19.1. The van der Waals surface area contributed by atoms with E-state index in [4.69, 9.17) is 0 Å². The summed E-state index contributed by atoms with van der Waals surface area (Å²) < 4.78 is 13.4. The van der Waals surface area contributed by atoms with Crippen molar-refractivity contribution >= 4 is 23.0 Å². The Labute approximate surface area is 123 Å². The zero-order chi connectivity index (χ0) is 15.2. The van der Waals surface area contributed by atoms with E-state index in [0.29, 0.717) is 0 Å². The normalized spacial score (nSPS) is 10.0. The highest BCUT2D eigenvalue weighted by molar-refractivity contribution is 5.93. The second-order valence-corrected chi connectivity index (χ2v) is 4.82. The lowest BCUT2D eigenvalue weighted by atomic mass is 10.2. The molecule has 0 bridgehead atoms. The van der Waals surface area contributed by atoms with Crippen LogP contribution in [0.25, 0.3) is 0 Å². The molecule has 0 radical (unpaired) electrons. The van der Waals surface area contributed by atoms with Crippen molar-refractivity contribution in [1.29, 1.82) is 0 Å². The number of anilines is 3. The zero-order valence-electron chi connectivity index (χ0n) is 12.1. The molecule has 2 aromatic rings. The van der Waals surface area contributed by atoms with E-state index in [2.05, 4.69) is 10.6 Å². The summed E-state index contributed by atoms with van der Waals surface area (Å²) in [6.07, 6.45) is 0. The second kappa shape index (κ2) is 6.74. The average Bonchev–Trinajstić information content (AvgIpc) is 2.48. The molecule has 4 nitrogen and oxygen atoms in total. The van der Waals surface area contributed by atoms with Crippen LogP contribution < -0.4 is 15.5 Å². The molecule has 21 heavy (non-hydrogen) atoms. The van der Waals surface area contributed by atoms with Crippen LogP contribution in [0.5, 0.6) is 0 Å². The number of para-hydroxylation sites is 1. The average molecular weight is 287 g/mol. The maximum atomic E-state index is 13.4. The summed E-state index contributed by atoms with van der Waals surface area (Å²) in [5.74, 6) is -0.738. The number of hydrogen-bond donors (Lipinski definition) is 2. The Balaban J connectivity index is 1.88. The molecule has 0 aliphatic heterocycles. The van der Waals surface area contributed by atoms with E-state index in [1.165, 1.54) is 12.1 Å². The Bertz CT molecular complexity index is 611. The molecular weight excluding hydrogens is 269 g/mol. The number of carbonyl (C=O) groups excluding carboxylic acids is 1. The van der Waals surface area contributed by atoms with Crippen LogP contribution in [-0.4, -0.2) is 26.5 Å². The summed E-state index contributed by atoms with van der Waals surface area (Å²) >= 11 is 0. The second-order valence-electron chi connectivity index (χ2n) is 4.82. The van der Waals surface area contributed by atoms with E-state index >= 15 is 0 Å². The number of hydrogen-bond acceptors (Lipinski definition) is 3. The molecule has 0 atom stereocenters. The number of benzene rings is 2. The number of nitrogens with zero attached hydrogens (tertiary/aromatic N) is 1. The molecule has 0 spiro atoms. The largest absolute Gasteiger partial charge is 0.378 e. The maximum absolute atomic E-state index is 13.4. The predicted molar refractivity (Wildman–Crippen MR) is 84.3 cm³/mol. The molecule has 5 heteroatoms. The lowest BCUT2D eigenvalue weighted by molar-refractivity contribution is -0.114. The first-order valence-corrected chi connectivity index (χ1v) is 6.62. The van der Waals surface area contributed by atoms with Crippen LogP contribution in [0.1, 0.15) is 0 Å². The van der Waals surface area contributed by atoms with Crippen molar-refractivity contribution < 1.29 is 9.18 Å². The van der Waals surface area contributed by atoms with Gasteiger partial charge >= 0.3 is 0 Å². The van der Waals surface area contributed by atoms with E-state index in [1.807, 2.05) is 43.3 Å². The molecule has 0 unspecified atom stereocenters. The number of amides is 1. The number of carbonyl (C=O) groups is 1. The van der Waals surface area contributed by atoms with Gasteiger partial charge in [-0.05, 0) is 36.4 Å². The fourth-order valence-electron chi connectivity index (χ4n) is 1.82. The van der Waals surface area contributed by atoms with Crippen LogP contribution in [-0.2, 0) is 4.79 Å². The van der Waals surface area contributed by atoms with Crippen molar-refractivity contribution in [3.63, 3.8) is 0 Å². The molecule has 0 aromatic heterocycles. The Morgan fingerprint density at radius 3 is 2.38 bits per heavy atom. The molecule has 2 N–H and O–H groups in total. The van der Waals surface area contributed by atoms with Crippen molar-refractivity contribution in [3.05, 3.63) is 54.3 Å². The third-order valence-electron chi connectivity index (χ3n) is 2.98. The Morgan fingerprint density at radius 2 is 1.76 bits per heavy atom. The minimum Gasteiger partial charge on any atom is -0.378 e.